The lowest BCUT2D eigenvalue weighted by molar-refractivity contribution is -0.118. The molecule has 1 amide bonds. The highest BCUT2D eigenvalue weighted by atomic mass is 16.4. The average molecular weight is 295 g/mol. The highest BCUT2D eigenvalue weighted by Gasteiger charge is 2.24. The van der Waals surface area contributed by atoms with Crippen LogP contribution in [0.15, 0.2) is 4.42 Å². The molecule has 1 fully saturated rings. The Labute approximate surface area is 125 Å². The number of rotatable bonds is 6. The molecule has 2 rings (SSSR count). The lowest BCUT2D eigenvalue weighted by Gasteiger charge is -2.34. The smallest absolute Gasteiger partial charge is 0.322 e. The molecule has 1 aliphatic rings. The van der Waals surface area contributed by atoms with Gasteiger partial charge in [0.2, 0.25) is 11.8 Å². The zero-order valence-corrected chi connectivity index (χ0v) is 13.1. The van der Waals surface area contributed by atoms with Gasteiger partial charge in [0.1, 0.15) is 0 Å². The number of amides is 1. The largest absolute Gasteiger partial charge is 0.408 e. The van der Waals surface area contributed by atoms with Gasteiger partial charge in [-0.1, -0.05) is 25.4 Å². The third kappa shape index (κ3) is 4.50. The Morgan fingerprint density at radius 1 is 1.43 bits per heavy atom. The third-order valence-electron chi connectivity index (χ3n) is 3.72. The molecule has 2 heterocycles. The van der Waals surface area contributed by atoms with Crippen molar-refractivity contribution in [1.29, 1.82) is 0 Å². The lowest BCUT2D eigenvalue weighted by Crippen LogP contribution is -2.47. The normalized spacial score (nSPS) is 19.9. The molecule has 1 unspecified atom stereocenters. The van der Waals surface area contributed by atoms with Gasteiger partial charge in [-0.25, -0.2) is 0 Å². The quantitative estimate of drug-likeness (QED) is 0.820. The van der Waals surface area contributed by atoms with Crippen LogP contribution in [0.5, 0.6) is 0 Å². The van der Waals surface area contributed by atoms with Crippen molar-refractivity contribution in [1.82, 2.24) is 20.4 Å². The zero-order valence-electron chi connectivity index (χ0n) is 13.1. The fourth-order valence-corrected chi connectivity index (χ4v) is 2.60. The molecular weight excluding hydrogens is 270 g/mol. The van der Waals surface area contributed by atoms with Crippen molar-refractivity contribution in [3.63, 3.8) is 0 Å². The van der Waals surface area contributed by atoms with Gasteiger partial charge in [-0.15, -0.1) is 5.10 Å². The molecule has 1 atom stereocenters. The van der Waals surface area contributed by atoms with Crippen molar-refractivity contribution >= 4 is 11.9 Å². The van der Waals surface area contributed by atoms with Gasteiger partial charge in [0, 0.05) is 18.5 Å². The second-order valence-electron chi connectivity index (χ2n) is 5.83. The topological polar surface area (TPSA) is 83.3 Å². The minimum atomic E-state index is -0.100. The van der Waals surface area contributed by atoms with Crippen LogP contribution in [-0.2, 0) is 4.79 Å². The van der Waals surface area contributed by atoms with Crippen LogP contribution >= 0.6 is 0 Å². The molecule has 1 saturated heterocycles. The summed E-state index contributed by atoms with van der Waals surface area (Å²) in [6.45, 7) is 6.17. The number of likely N-dealkylation sites (N-methyl/N-ethyl adjacent to an activating group) is 1. The summed E-state index contributed by atoms with van der Waals surface area (Å²) in [5, 5.41) is 13.6. The van der Waals surface area contributed by atoms with Gasteiger partial charge in [0.15, 0.2) is 0 Å². The van der Waals surface area contributed by atoms with E-state index in [0.29, 0.717) is 18.5 Å². The maximum Gasteiger partial charge on any atom is 0.322 e. The Bertz CT molecular complexity index is 458. The maximum absolute atomic E-state index is 12.1. The molecule has 0 saturated carbocycles. The molecule has 1 aliphatic heterocycles. The predicted octanol–water partition coefficient (Wildman–Crippen LogP) is 1.21. The number of nitrogens with zero attached hydrogens (tertiary/aromatic N) is 3. The summed E-state index contributed by atoms with van der Waals surface area (Å²) >= 11 is 0. The van der Waals surface area contributed by atoms with E-state index < -0.39 is 0 Å². The Balaban J connectivity index is 1.87. The Morgan fingerprint density at radius 2 is 2.24 bits per heavy atom. The molecule has 1 aromatic rings. The van der Waals surface area contributed by atoms with Crippen molar-refractivity contribution in [2.45, 2.75) is 45.1 Å². The van der Waals surface area contributed by atoms with Crippen LogP contribution in [-0.4, -0.2) is 53.7 Å². The molecule has 0 bridgehead atoms. The van der Waals surface area contributed by atoms with Crippen LogP contribution in [0, 0.1) is 0 Å². The standard InChI is InChI=1S/C14H25N5O2/c1-10(2)13-17-18-14(21-13)16-12(20)9-19-7-5-4-6-11(19)8-15-3/h10-11,15H,4-9H2,1-3H3,(H,16,18,20). The van der Waals surface area contributed by atoms with Gasteiger partial charge in [-0.3, -0.25) is 15.0 Å². The molecule has 1 aromatic heterocycles. The lowest BCUT2D eigenvalue weighted by atomic mass is 10.0. The van der Waals surface area contributed by atoms with Gasteiger partial charge < -0.3 is 9.73 Å². The van der Waals surface area contributed by atoms with E-state index in [1.807, 2.05) is 20.9 Å². The van der Waals surface area contributed by atoms with Gasteiger partial charge in [0.25, 0.3) is 0 Å². The number of aromatic nitrogens is 2. The van der Waals surface area contributed by atoms with Gasteiger partial charge >= 0.3 is 6.01 Å². The van der Waals surface area contributed by atoms with E-state index in [2.05, 4.69) is 25.7 Å². The van der Waals surface area contributed by atoms with E-state index in [1.54, 1.807) is 0 Å². The number of carbonyl (C=O) groups excluding carboxylic acids is 1. The summed E-state index contributed by atoms with van der Waals surface area (Å²) in [6.07, 6.45) is 3.50. The minimum absolute atomic E-state index is 0.100. The summed E-state index contributed by atoms with van der Waals surface area (Å²) in [6, 6.07) is 0.606. The summed E-state index contributed by atoms with van der Waals surface area (Å²) < 4.78 is 5.39. The van der Waals surface area contributed by atoms with Crippen LogP contribution in [0.25, 0.3) is 0 Å². The van der Waals surface area contributed by atoms with E-state index in [1.165, 1.54) is 6.42 Å². The summed E-state index contributed by atoms with van der Waals surface area (Å²) in [4.78, 5) is 14.3. The van der Waals surface area contributed by atoms with Crippen molar-refractivity contribution in [2.24, 2.45) is 0 Å². The zero-order chi connectivity index (χ0) is 15.2. The van der Waals surface area contributed by atoms with Crippen LogP contribution < -0.4 is 10.6 Å². The highest BCUT2D eigenvalue weighted by molar-refractivity contribution is 5.90. The highest BCUT2D eigenvalue weighted by Crippen LogP contribution is 2.17. The third-order valence-corrected chi connectivity index (χ3v) is 3.72. The van der Waals surface area contributed by atoms with Gasteiger partial charge in [0.05, 0.1) is 6.54 Å². The number of likely N-dealkylation sites (tertiary alicyclic amines) is 1. The van der Waals surface area contributed by atoms with Gasteiger partial charge in [-0.05, 0) is 26.4 Å². The molecule has 118 valence electrons. The first kappa shape index (κ1) is 15.9. The Morgan fingerprint density at radius 3 is 2.90 bits per heavy atom. The number of nitrogens with one attached hydrogen (secondary N) is 2. The van der Waals surface area contributed by atoms with Crippen LogP contribution in [0.1, 0.15) is 44.9 Å². The molecule has 0 aromatic carbocycles. The van der Waals surface area contributed by atoms with E-state index in [-0.39, 0.29) is 17.8 Å². The van der Waals surface area contributed by atoms with Crippen LogP contribution in [0.2, 0.25) is 0 Å². The molecular formula is C14H25N5O2. The fourth-order valence-electron chi connectivity index (χ4n) is 2.60. The van der Waals surface area contributed by atoms with E-state index >= 15 is 0 Å². The Hall–Kier alpha value is -1.47. The summed E-state index contributed by atoms with van der Waals surface area (Å²) in [5.74, 6) is 0.596. The number of hydrogen-bond donors (Lipinski definition) is 2. The van der Waals surface area contributed by atoms with Gasteiger partial charge in [-0.2, -0.15) is 0 Å². The summed E-state index contributed by atoms with van der Waals surface area (Å²) in [5.41, 5.74) is 0. The van der Waals surface area contributed by atoms with E-state index in [4.69, 9.17) is 4.42 Å². The second kappa shape index (κ2) is 7.51. The van der Waals surface area contributed by atoms with Crippen molar-refractivity contribution in [3.05, 3.63) is 5.89 Å². The number of anilines is 1. The number of carbonyl (C=O) groups is 1. The molecule has 2 N–H and O–H groups in total. The second-order valence-corrected chi connectivity index (χ2v) is 5.83. The number of piperidine rings is 1. The monoisotopic (exact) mass is 295 g/mol. The van der Waals surface area contributed by atoms with E-state index in [9.17, 15) is 4.79 Å². The fraction of sp³-hybridized carbons (Fsp3) is 0.786. The molecule has 0 aliphatic carbocycles. The molecule has 7 nitrogen and oxygen atoms in total. The first-order valence-electron chi connectivity index (χ1n) is 7.62. The molecule has 7 heteroatoms. The van der Waals surface area contributed by atoms with Crippen LogP contribution in [0.3, 0.4) is 0 Å². The van der Waals surface area contributed by atoms with Crippen molar-refractivity contribution < 1.29 is 9.21 Å². The maximum atomic E-state index is 12.1. The number of hydrogen-bond acceptors (Lipinski definition) is 6. The van der Waals surface area contributed by atoms with Crippen molar-refractivity contribution in [3.8, 4) is 0 Å². The molecule has 21 heavy (non-hydrogen) atoms. The SMILES string of the molecule is CNCC1CCCCN1CC(=O)Nc1nnc(C(C)C)o1. The van der Waals surface area contributed by atoms with Crippen molar-refractivity contribution in [2.75, 3.05) is 32.0 Å². The Kier molecular flexibility index (Phi) is 5.69. The first-order chi connectivity index (χ1) is 10.1. The van der Waals surface area contributed by atoms with Crippen LogP contribution in [0.4, 0.5) is 6.01 Å². The first-order valence-corrected chi connectivity index (χ1v) is 7.62. The van der Waals surface area contributed by atoms with E-state index in [0.717, 1.165) is 25.9 Å². The predicted molar refractivity (Wildman–Crippen MR) is 80.2 cm³/mol. The molecule has 0 spiro atoms. The summed E-state index contributed by atoms with van der Waals surface area (Å²) in [7, 11) is 1.94. The minimum Gasteiger partial charge on any atom is -0.408 e. The average Bonchev–Trinajstić information content (AvgIpc) is 2.90. The molecule has 0 radical (unpaired) electrons.